The molecule has 3 aromatic carbocycles. The first-order valence-electron chi connectivity index (χ1n) is 12.3. The number of hydrogen-bond acceptors (Lipinski definition) is 4. The Morgan fingerprint density at radius 2 is 1.61 bits per heavy atom. The minimum absolute atomic E-state index is 0.0454. The lowest BCUT2D eigenvalue weighted by atomic mass is 9.85. The Hall–Kier alpha value is -3.86. The summed E-state index contributed by atoms with van der Waals surface area (Å²) in [6.07, 6.45) is 0. The van der Waals surface area contributed by atoms with Crippen LogP contribution < -0.4 is 9.64 Å². The largest absolute Gasteiger partial charge is 0.507 e. The number of ketones is 1. The van der Waals surface area contributed by atoms with Gasteiger partial charge in [-0.25, -0.2) is 0 Å². The molecule has 1 unspecified atom stereocenters. The summed E-state index contributed by atoms with van der Waals surface area (Å²) < 4.78 is 5.82. The van der Waals surface area contributed by atoms with Gasteiger partial charge in [0.25, 0.3) is 11.7 Å². The van der Waals surface area contributed by atoms with Gasteiger partial charge in [0.1, 0.15) is 11.5 Å². The fraction of sp³-hybridized carbons (Fsp3) is 0.290. The van der Waals surface area contributed by atoms with Crippen LogP contribution in [-0.2, 0) is 15.0 Å². The number of Topliss-reactive ketones (excluding diaryl/α,β-unsaturated/α-hetero) is 1. The van der Waals surface area contributed by atoms with E-state index in [0.29, 0.717) is 29.5 Å². The molecule has 5 heteroatoms. The second-order valence-corrected chi connectivity index (χ2v) is 10.6. The van der Waals surface area contributed by atoms with Crippen molar-refractivity contribution in [2.75, 3.05) is 11.5 Å². The first-order valence-corrected chi connectivity index (χ1v) is 12.3. The van der Waals surface area contributed by atoms with Crippen molar-refractivity contribution in [1.29, 1.82) is 0 Å². The molecule has 0 aliphatic carbocycles. The van der Waals surface area contributed by atoms with Crippen LogP contribution in [0.1, 0.15) is 57.4 Å². The maximum atomic E-state index is 13.4. The van der Waals surface area contributed by atoms with E-state index < -0.39 is 17.7 Å². The number of rotatable bonds is 6. The van der Waals surface area contributed by atoms with Crippen LogP contribution in [0.2, 0.25) is 0 Å². The van der Waals surface area contributed by atoms with Gasteiger partial charge >= 0.3 is 0 Å². The van der Waals surface area contributed by atoms with Crippen LogP contribution in [0.3, 0.4) is 0 Å². The summed E-state index contributed by atoms with van der Waals surface area (Å²) in [5.74, 6) is -0.660. The van der Waals surface area contributed by atoms with Crippen molar-refractivity contribution in [1.82, 2.24) is 0 Å². The van der Waals surface area contributed by atoms with Gasteiger partial charge in [0.15, 0.2) is 0 Å². The molecule has 3 aromatic rings. The van der Waals surface area contributed by atoms with Crippen LogP contribution >= 0.6 is 0 Å². The lowest BCUT2D eigenvalue weighted by Gasteiger charge is -2.26. The molecule has 1 aliphatic rings. The molecule has 1 saturated heterocycles. The standard InChI is InChI=1S/C31H33NO4/c1-20(2)19-36-25-13-9-10-22(18-25)28(33)26-27(21-14-16-23(17-15-21)31(3,4)5)32(30(35)29(26)34)24-11-7-6-8-12-24/h6-18,20,27,33H,19H2,1-5H3/b28-26-. The van der Waals surface area contributed by atoms with Crippen LogP contribution in [-0.4, -0.2) is 23.4 Å². The topological polar surface area (TPSA) is 66.8 Å². The van der Waals surface area contributed by atoms with E-state index in [1.54, 1.807) is 30.3 Å². The fourth-order valence-electron chi connectivity index (χ4n) is 4.32. The van der Waals surface area contributed by atoms with Crippen LogP contribution in [0, 0.1) is 5.92 Å². The van der Waals surface area contributed by atoms with E-state index in [9.17, 15) is 14.7 Å². The highest BCUT2D eigenvalue weighted by molar-refractivity contribution is 6.51. The van der Waals surface area contributed by atoms with E-state index in [1.807, 2.05) is 48.5 Å². The Labute approximate surface area is 213 Å². The minimum atomic E-state index is -0.762. The first kappa shape index (κ1) is 25.2. The van der Waals surface area contributed by atoms with Crippen molar-refractivity contribution in [2.24, 2.45) is 5.92 Å². The molecule has 1 fully saturated rings. The van der Waals surface area contributed by atoms with Gasteiger partial charge in [-0.2, -0.15) is 0 Å². The second kappa shape index (κ2) is 10.0. The molecule has 1 aliphatic heterocycles. The predicted molar refractivity (Wildman–Crippen MR) is 143 cm³/mol. The monoisotopic (exact) mass is 483 g/mol. The number of aliphatic hydroxyl groups excluding tert-OH is 1. The molecule has 186 valence electrons. The number of carbonyl (C=O) groups excluding carboxylic acids is 2. The van der Waals surface area contributed by atoms with E-state index in [2.05, 4.69) is 34.6 Å². The zero-order valence-corrected chi connectivity index (χ0v) is 21.5. The lowest BCUT2D eigenvalue weighted by molar-refractivity contribution is -0.132. The van der Waals surface area contributed by atoms with E-state index in [1.165, 1.54) is 4.90 Å². The van der Waals surface area contributed by atoms with E-state index in [4.69, 9.17) is 4.74 Å². The van der Waals surface area contributed by atoms with Gasteiger partial charge in [0.2, 0.25) is 0 Å². The Bertz CT molecular complexity index is 1280. The Morgan fingerprint density at radius 3 is 2.22 bits per heavy atom. The van der Waals surface area contributed by atoms with E-state index >= 15 is 0 Å². The number of nitrogens with zero attached hydrogens (tertiary/aromatic N) is 1. The van der Waals surface area contributed by atoms with Gasteiger partial charge in [-0.3, -0.25) is 14.5 Å². The summed E-state index contributed by atoms with van der Waals surface area (Å²) in [5.41, 5.74) is 2.93. The third-order valence-electron chi connectivity index (χ3n) is 6.26. The highest BCUT2D eigenvalue weighted by Gasteiger charge is 2.47. The maximum absolute atomic E-state index is 13.4. The molecule has 0 aromatic heterocycles. The molecule has 0 saturated carbocycles. The number of aliphatic hydroxyl groups is 1. The summed E-state index contributed by atoms with van der Waals surface area (Å²) in [6.45, 7) is 11.0. The van der Waals surface area contributed by atoms with Crippen molar-refractivity contribution in [3.05, 3.63) is 101 Å². The van der Waals surface area contributed by atoms with Crippen molar-refractivity contribution < 1.29 is 19.4 Å². The van der Waals surface area contributed by atoms with E-state index in [-0.39, 0.29) is 16.7 Å². The molecular formula is C31H33NO4. The van der Waals surface area contributed by atoms with Gasteiger partial charge in [-0.05, 0) is 46.7 Å². The average molecular weight is 484 g/mol. The summed E-state index contributed by atoms with van der Waals surface area (Å²) in [4.78, 5) is 28.2. The average Bonchev–Trinajstić information content (AvgIpc) is 3.13. The third kappa shape index (κ3) is 5.06. The molecule has 0 radical (unpaired) electrons. The van der Waals surface area contributed by atoms with Crippen molar-refractivity contribution in [3.63, 3.8) is 0 Å². The number of amides is 1. The van der Waals surface area contributed by atoms with E-state index in [0.717, 1.165) is 11.1 Å². The lowest BCUT2D eigenvalue weighted by Crippen LogP contribution is -2.29. The molecular weight excluding hydrogens is 450 g/mol. The highest BCUT2D eigenvalue weighted by Crippen LogP contribution is 2.42. The Morgan fingerprint density at radius 1 is 0.944 bits per heavy atom. The molecule has 0 spiro atoms. The number of hydrogen-bond donors (Lipinski definition) is 1. The van der Waals surface area contributed by atoms with Crippen molar-refractivity contribution in [2.45, 2.75) is 46.1 Å². The molecule has 4 rings (SSSR count). The molecule has 1 atom stereocenters. The Kier molecular flexibility index (Phi) is 7.02. The van der Waals surface area contributed by atoms with Crippen LogP contribution in [0.15, 0.2) is 84.4 Å². The zero-order chi connectivity index (χ0) is 26.0. The fourth-order valence-corrected chi connectivity index (χ4v) is 4.32. The maximum Gasteiger partial charge on any atom is 0.300 e. The van der Waals surface area contributed by atoms with Gasteiger partial charge in [0, 0.05) is 11.3 Å². The number of anilines is 1. The highest BCUT2D eigenvalue weighted by atomic mass is 16.5. The number of carbonyl (C=O) groups is 2. The van der Waals surface area contributed by atoms with Gasteiger partial charge < -0.3 is 9.84 Å². The smallest absolute Gasteiger partial charge is 0.300 e. The Balaban J connectivity index is 1.85. The summed E-state index contributed by atoms with van der Waals surface area (Å²) in [5, 5.41) is 11.4. The quantitative estimate of drug-likeness (QED) is 0.242. The van der Waals surface area contributed by atoms with Crippen molar-refractivity contribution >= 4 is 23.1 Å². The van der Waals surface area contributed by atoms with Gasteiger partial charge in [-0.15, -0.1) is 0 Å². The summed E-state index contributed by atoms with van der Waals surface area (Å²) >= 11 is 0. The third-order valence-corrected chi connectivity index (χ3v) is 6.26. The van der Waals surface area contributed by atoms with Crippen LogP contribution in [0.4, 0.5) is 5.69 Å². The van der Waals surface area contributed by atoms with Gasteiger partial charge in [-0.1, -0.05) is 89.2 Å². The molecule has 1 heterocycles. The van der Waals surface area contributed by atoms with Crippen LogP contribution in [0.25, 0.3) is 5.76 Å². The molecule has 5 nitrogen and oxygen atoms in total. The summed E-state index contributed by atoms with van der Waals surface area (Å²) in [6, 6.07) is 23.2. The number of benzene rings is 3. The molecule has 36 heavy (non-hydrogen) atoms. The first-order chi connectivity index (χ1) is 17.1. The zero-order valence-electron chi connectivity index (χ0n) is 21.5. The van der Waals surface area contributed by atoms with Crippen LogP contribution in [0.5, 0.6) is 5.75 Å². The molecule has 0 bridgehead atoms. The number of ether oxygens (including phenoxy) is 1. The molecule has 1 amide bonds. The minimum Gasteiger partial charge on any atom is -0.507 e. The van der Waals surface area contributed by atoms with Crippen molar-refractivity contribution in [3.8, 4) is 5.75 Å². The predicted octanol–water partition coefficient (Wildman–Crippen LogP) is 6.65. The molecule has 1 N–H and O–H groups in total. The normalized spacial score (nSPS) is 17.6. The second-order valence-electron chi connectivity index (χ2n) is 10.6. The SMILES string of the molecule is CC(C)COc1cccc(/C(O)=C2/C(=O)C(=O)N(c3ccccc3)C2c2ccc(C(C)(C)C)cc2)c1. The van der Waals surface area contributed by atoms with Gasteiger partial charge in [0.05, 0.1) is 18.2 Å². The number of para-hydroxylation sites is 1. The summed E-state index contributed by atoms with van der Waals surface area (Å²) in [7, 11) is 0.